The summed E-state index contributed by atoms with van der Waals surface area (Å²) in [6.07, 6.45) is 2.51. The number of nitrogens with zero attached hydrogens (tertiary/aromatic N) is 1. The van der Waals surface area contributed by atoms with Crippen molar-refractivity contribution in [2.24, 2.45) is 0 Å². The van der Waals surface area contributed by atoms with Gasteiger partial charge in [-0.2, -0.15) is 0 Å². The summed E-state index contributed by atoms with van der Waals surface area (Å²) >= 11 is 0. The molecule has 6 heteroatoms. The fraction of sp³-hybridized carbons (Fsp3) is 0. The Morgan fingerprint density at radius 2 is 1.93 bits per heavy atom. The smallest absolute Gasteiger partial charge is 0.367 e. The summed E-state index contributed by atoms with van der Waals surface area (Å²) in [6, 6.07) is 3.79. The highest BCUT2D eigenvalue weighted by Crippen LogP contribution is 2.19. The molecule has 2 aromatic heterocycles. The van der Waals surface area contributed by atoms with Crippen LogP contribution in [0.25, 0.3) is 0 Å². The zero-order valence-electron chi connectivity index (χ0n) is 7.45. The molecule has 78 valence electrons. The van der Waals surface area contributed by atoms with Gasteiger partial charge in [-0.05, 0) is 6.07 Å². The first-order valence-electron chi connectivity index (χ1n) is 4.03. The first kappa shape index (κ1) is 9.20. The summed E-state index contributed by atoms with van der Waals surface area (Å²) in [5.74, 6) is -1.49. The van der Waals surface area contributed by atoms with Gasteiger partial charge < -0.3 is 19.5 Å². The Kier molecular flexibility index (Phi) is 2.09. The molecule has 0 aliphatic heterocycles. The quantitative estimate of drug-likeness (QED) is 0.762. The van der Waals surface area contributed by atoms with Crippen LogP contribution in [0.4, 0.5) is 0 Å². The lowest BCUT2D eigenvalue weighted by Crippen LogP contribution is -2.18. The van der Waals surface area contributed by atoms with Gasteiger partial charge in [0.15, 0.2) is 0 Å². The molecule has 0 spiro atoms. The highest BCUT2D eigenvalue weighted by Gasteiger charge is 2.14. The van der Waals surface area contributed by atoms with Crippen molar-refractivity contribution in [2.45, 2.75) is 0 Å². The molecule has 0 radical (unpaired) electrons. The van der Waals surface area contributed by atoms with Crippen LogP contribution in [0.3, 0.4) is 0 Å². The summed E-state index contributed by atoms with van der Waals surface area (Å²) in [4.78, 5) is 16.0. The third-order valence-electron chi connectivity index (χ3n) is 1.73. The van der Waals surface area contributed by atoms with Crippen LogP contribution in [0, 0.1) is 0 Å². The molecule has 0 unspecified atom stereocenters. The molecular weight excluding hydrogens is 202 g/mol. The fourth-order valence-corrected chi connectivity index (χ4v) is 1.01. The van der Waals surface area contributed by atoms with E-state index in [0.717, 1.165) is 0 Å². The van der Waals surface area contributed by atoms with Gasteiger partial charge >= 0.3 is 5.97 Å². The van der Waals surface area contributed by atoms with Crippen LogP contribution < -0.4 is 4.84 Å². The van der Waals surface area contributed by atoms with Gasteiger partial charge in [0, 0.05) is 12.1 Å². The summed E-state index contributed by atoms with van der Waals surface area (Å²) in [5, 5.41) is 18.4. The number of aromatic nitrogens is 1. The normalized spacial score (nSPS) is 10.1. The number of aromatic hydroxyl groups is 2. The van der Waals surface area contributed by atoms with Gasteiger partial charge in [-0.1, -0.05) is 0 Å². The Morgan fingerprint density at radius 1 is 1.27 bits per heavy atom. The minimum absolute atomic E-state index is 0.183. The average molecular weight is 209 g/mol. The molecule has 2 heterocycles. The Balaban J connectivity index is 2.20. The van der Waals surface area contributed by atoms with Crippen molar-refractivity contribution in [2.75, 3.05) is 0 Å². The predicted octanol–water partition coefficient (Wildman–Crippen LogP) is 0.761. The van der Waals surface area contributed by atoms with Crippen LogP contribution in [-0.2, 0) is 0 Å². The molecule has 0 aliphatic carbocycles. The average Bonchev–Trinajstić information content (AvgIpc) is 2.82. The van der Waals surface area contributed by atoms with Crippen molar-refractivity contribution in [3.8, 4) is 11.8 Å². The van der Waals surface area contributed by atoms with Gasteiger partial charge in [-0.25, -0.2) is 4.79 Å². The fourth-order valence-electron chi connectivity index (χ4n) is 1.01. The van der Waals surface area contributed by atoms with Crippen LogP contribution in [0.1, 0.15) is 10.4 Å². The predicted molar refractivity (Wildman–Crippen MR) is 47.4 cm³/mol. The molecule has 0 amide bonds. The zero-order chi connectivity index (χ0) is 10.8. The second-order valence-electron chi connectivity index (χ2n) is 2.73. The maximum Gasteiger partial charge on any atom is 0.367 e. The summed E-state index contributed by atoms with van der Waals surface area (Å²) in [5.41, 5.74) is 0.183. The third-order valence-corrected chi connectivity index (χ3v) is 1.73. The number of carbonyl (C=O) groups is 1. The lowest BCUT2D eigenvalue weighted by molar-refractivity contribution is 0.0381. The molecule has 0 bridgehead atoms. The van der Waals surface area contributed by atoms with Crippen molar-refractivity contribution in [1.29, 1.82) is 0 Å². The summed E-state index contributed by atoms with van der Waals surface area (Å²) in [6.45, 7) is 0. The Bertz CT molecular complexity index is 451. The highest BCUT2D eigenvalue weighted by atomic mass is 16.7. The van der Waals surface area contributed by atoms with Gasteiger partial charge in [0.05, 0.1) is 6.26 Å². The summed E-state index contributed by atoms with van der Waals surface area (Å²) < 4.78 is 5.29. The lowest BCUT2D eigenvalue weighted by Gasteiger charge is -2.04. The maximum atomic E-state index is 11.4. The number of carbonyl (C=O) groups excluding carboxylic acids is 1. The van der Waals surface area contributed by atoms with E-state index in [-0.39, 0.29) is 17.3 Å². The second-order valence-corrected chi connectivity index (χ2v) is 2.73. The molecule has 0 saturated heterocycles. The minimum Gasteiger partial charge on any atom is -0.492 e. The third kappa shape index (κ3) is 1.64. The van der Waals surface area contributed by atoms with E-state index in [1.54, 1.807) is 0 Å². The van der Waals surface area contributed by atoms with E-state index < -0.39 is 5.97 Å². The number of hydrogen-bond donors (Lipinski definition) is 2. The number of furan rings is 1. The van der Waals surface area contributed by atoms with E-state index in [4.69, 9.17) is 0 Å². The van der Waals surface area contributed by atoms with E-state index in [0.29, 0.717) is 4.73 Å². The number of rotatable bonds is 2. The molecular formula is C9H7NO5. The topological polar surface area (TPSA) is 84.8 Å². The first-order valence-corrected chi connectivity index (χ1v) is 4.03. The molecule has 15 heavy (non-hydrogen) atoms. The van der Waals surface area contributed by atoms with E-state index in [1.807, 2.05) is 0 Å². The molecule has 0 fully saturated rings. The van der Waals surface area contributed by atoms with Gasteiger partial charge in [0.2, 0.25) is 11.8 Å². The van der Waals surface area contributed by atoms with E-state index >= 15 is 0 Å². The van der Waals surface area contributed by atoms with Crippen LogP contribution in [-0.4, -0.2) is 20.9 Å². The Morgan fingerprint density at radius 3 is 2.47 bits per heavy atom. The molecule has 6 nitrogen and oxygen atoms in total. The van der Waals surface area contributed by atoms with E-state index in [9.17, 15) is 15.0 Å². The van der Waals surface area contributed by atoms with Crippen LogP contribution in [0.2, 0.25) is 0 Å². The highest BCUT2D eigenvalue weighted by molar-refractivity contribution is 5.89. The van der Waals surface area contributed by atoms with Gasteiger partial charge in [0.25, 0.3) is 0 Å². The molecule has 2 aromatic rings. The van der Waals surface area contributed by atoms with Gasteiger partial charge in [-0.3, -0.25) is 0 Å². The van der Waals surface area contributed by atoms with Crippen LogP contribution >= 0.6 is 0 Å². The van der Waals surface area contributed by atoms with Crippen LogP contribution in [0.5, 0.6) is 11.8 Å². The van der Waals surface area contributed by atoms with Gasteiger partial charge in [-0.15, -0.1) is 4.73 Å². The molecule has 2 rings (SSSR count). The van der Waals surface area contributed by atoms with Crippen molar-refractivity contribution >= 4 is 5.97 Å². The minimum atomic E-state index is -0.745. The second kappa shape index (κ2) is 3.41. The Labute approximate surface area is 83.9 Å². The standard InChI is InChI=1S/C9H7NO5/c11-7-1-2-8(12)10(7)15-9(13)6-3-4-14-5-6/h1-5,11-12H. The molecule has 0 atom stereocenters. The maximum absolute atomic E-state index is 11.4. The van der Waals surface area contributed by atoms with Crippen molar-refractivity contribution < 1.29 is 24.3 Å². The molecule has 0 aromatic carbocycles. The van der Waals surface area contributed by atoms with Gasteiger partial charge in [0.1, 0.15) is 11.8 Å². The van der Waals surface area contributed by atoms with Crippen LogP contribution in [0.15, 0.2) is 35.1 Å². The summed E-state index contributed by atoms with van der Waals surface area (Å²) in [7, 11) is 0. The Hall–Kier alpha value is -2.37. The van der Waals surface area contributed by atoms with E-state index in [1.165, 1.54) is 30.7 Å². The van der Waals surface area contributed by atoms with Crippen molar-refractivity contribution in [3.63, 3.8) is 0 Å². The number of hydrogen-bond acceptors (Lipinski definition) is 5. The van der Waals surface area contributed by atoms with Crippen molar-refractivity contribution in [3.05, 3.63) is 36.3 Å². The monoisotopic (exact) mass is 209 g/mol. The van der Waals surface area contributed by atoms with E-state index in [2.05, 4.69) is 9.25 Å². The molecule has 0 saturated carbocycles. The largest absolute Gasteiger partial charge is 0.492 e. The zero-order valence-corrected chi connectivity index (χ0v) is 7.45. The lowest BCUT2D eigenvalue weighted by atomic mass is 10.4. The SMILES string of the molecule is O=C(On1c(O)ccc1O)c1ccoc1. The van der Waals surface area contributed by atoms with Crippen molar-refractivity contribution in [1.82, 2.24) is 4.73 Å². The molecule has 2 N–H and O–H groups in total. The first-order chi connectivity index (χ1) is 7.18. The molecule has 0 aliphatic rings.